The molecule has 1 saturated heterocycles. The fraction of sp³-hybridized carbons (Fsp3) is 0.440. The van der Waals surface area contributed by atoms with E-state index in [0.717, 1.165) is 43.4 Å². The lowest BCUT2D eigenvalue weighted by Gasteiger charge is -2.42. The number of piperidine rings is 1. The molecule has 0 bridgehead atoms. The summed E-state index contributed by atoms with van der Waals surface area (Å²) < 4.78 is 0. The zero-order valence-electron chi connectivity index (χ0n) is 17.2. The van der Waals surface area contributed by atoms with Crippen LogP contribution in [0.5, 0.6) is 0 Å². The highest BCUT2D eigenvalue weighted by molar-refractivity contribution is 5.86. The highest BCUT2D eigenvalue weighted by atomic mass is 16.2. The normalized spacial score (nSPS) is 21.6. The standard InChI is InChI=1S/C25H30N2O2/c1-2-26-24(29)25(14-7-15-27(18-25)23(28)21-12-13-21)17-19-8-6-11-22(16-19)20-9-4-3-5-10-20/h3-6,8-11,16,21H,2,7,12-15,17-18H2,1H3,(H,26,29). The molecule has 4 heteroatoms. The van der Waals surface area contributed by atoms with Crippen molar-refractivity contribution in [3.8, 4) is 11.1 Å². The van der Waals surface area contributed by atoms with Crippen molar-refractivity contribution < 1.29 is 9.59 Å². The molecule has 1 aliphatic heterocycles. The van der Waals surface area contributed by atoms with Gasteiger partial charge in [-0.25, -0.2) is 0 Å². The molecule has 1 atom stereocenters. The van der Waals surface area contributed by atoms with Gasteiger partial charge in [-0.2, -0.15) is 0 Å². The summed E-state index contributed by atoms with van der Waals surface area (Å²) in [6.07, 6.45) is 4.37. The molecule has 2 aromatic carbocycles. The van der Waals surface area contributed by atoms with Gasteiger partial charge in [-0.05, 0) is 55.7 Å². The maximum atomic E-state index is 13.2. The van der Waals surface area contributed by atoms with Crippen LogP contribution in [0.2, 0.25) is 0 Å². The number of rotatable bonds is 6. The van der Waals surface area contributed by atoms with Gasteiger partial charge in [0.25, 0.3) is 0 Å². The summed E-state index contributed by atoms with van der Waals surface area (Å²) in [4.78, 5) is 27.9. The third-order valence-corrected chi connectivity index (χ3v) is 6.21. The number of likely N-dealkylation sites (tertiary alicyclic amines) is 1. The van der Waals surface area contributed by atoms with Crippen LogP contribution in [-0.4, -0.2) is 36.3 Å². The van der Waals surface area contributed by atoms with Crippen molar-refractivity contribution in [3.05, 3.63) is 60.2 Å². The molecule has 4 nitrogen and oxygen atoms in total. The second kappa shape index (κ2) is 8.40. The molecule has 4 rings (SSSR count). The largest absolute Gasteiger partial charge is 0.356 e. The summed E-state index contributed by atoms with van der Waals surface area (Å²) in [5.74, 6) is 0.524. The van der Waals surface area contributed by atoms with Gasteiger partial charge in [0.1, 0.15) is 0 Å². The first-order valence-electron chi connectivity index (χ1n) is 10.8. The van der Waals surface area contributed by atoms with Crippen LogP contribution in [0.4, 0.5) is 0 Å². The average molecular weight is 391 g/mol. The van der Waals surface area contributed by atoms with Gasteiger partial charge in [-0.3, -0.25) is 9.59 Å². The SMILES string of the molecule is CCNC(=O)C1(Cc2cccc(-c3ccccc3)c2)CCCN(C(=O)C2CC2)C1. The van der Waals surface area contributed by atoms with E-state index in [0.29, 0.717) is 19.5 Å². The number of hydrogen-bond acceptors (Lipinski definition) is 2. The van der Waals surface area contributed by atoms with Crippen LogP contribution < -0.4 is 5.32 Å². The predicted octanol–water partition coefficient (Wildman–Crippen LogP) is 4.05. The van der Waals surface area contributed by atoms with Gasteiger partial charge < -0.3 is 10.2 Å². The number of carbonyl (C=O) groups is 2. The van der Waals surface area contributed by atoms with Crippen LogP contribution in [0.15, 0.2) is 54.6 Å². The zero-order chi connectivity index (χ0) is 20.3. The third-order valence-electron chi connectivity index (χ3n) is 6.21. The summed E-state index contributed by atoms with van der Waals surface area (Å²) in [5, 5.41) is 3.05. The van der Waals surface area contributed by atoms with Crippen molar-refractivity contribution in [2.75, 3.05) is 19.6 Å². The van der Waals surface area contributed by atoms with Crippen molar-refractivity contribution in [2.24, 2.45) is 11.3 Å². The van der Waals surface area contributed by atoms with Gasteiger partial charge in [0.2, 0.25) is 11.8 Å². The first kappa shape index (κ1) is 19.7. The van der Waals surface area contributed by atoms with Crippen LogP contribution >= 0.6 is 0 Å². The number of nitrogens with one attached hydrogen (secondary N) is 1. The molecule has 1 N–H and O–H groups in total. The van der Waals surface area contributed by atoms with Crippen molar-refractivity contribution in [1.29, 1.82) is 0 Å². The molecule has 1 heterocycles. The van der Waals surface area contributed by atoms with E-state index in [9.17, 15) is 9.59 Å². The number of amides is 2. The summed E-state index contributed by atoms with van der Waals surface area (Å²) in [7, 11) is 0. The van der Waals surface area contributed by atoms with Crippen LogP contribution in [0.25, 0.3) is 11.1 Å². The van der Waals surface area contributed by atoms with Crippen LogP contribution in [0.1, 0.15) is 38.2 Å². The average Bonchev–Trinajstić information content (AvgIpc) is 3.60. The zero-order valence-corrected chi connectivity index (χ0v) is 17.2. The molecule has 0 aromatic heterocycles. The Morgan fingerprint density at radius 3 is 2.55 bits per heavy atom. The maximum Gasteiger partial charge on any atom is 0.228 e. The van der Waals surface area contributed by atoms with Gasteiger partial charge in [0.15, 0.2) is 0 Å². The molecule has 2 fully saturated rings. The number of carbonyl (C=O) groups excluding carboxylic acids is 2. The quantitative estimate of drug-likeness (QED) is 0.809. The lowest BCUT2D eigenvalue weighted by Crippen LogP contribution is -2.54. The van der Waals surface area contributed by atoms with Crippen molar-refractivity contribution in [3.63, 3.8) is 0 Å². The first-order valence-corrected chi connectivity index (χ1v) is 10.8. The molecule has 1 saturated carbocycles. The van der Waals surface area contributed by atoms with Crippen LogP contribution in [-0.2, 0) is 16.0 Å². The molecule has 1 aliphatic carbocycles. The Hall–Kier alpha value is -2.62. The fourth-order valence-electron chi connectivity index (χ4n) is 4.55. The number of nitrogens with zero attached hydrogens (tertiary/aromatic N) is 1. The minimum Gasteiger partial charge on any atom is -0.356 e. The van der Waals surface area contributed by atoms with E-state index in [1.807, 2.05) is 30.0 Å². The lowest BCUT2D eigenvalue weighted by atomic mass is 9.74. The summed E-state index contributed by atoms with van der Waals surface area (Å²) in [5.41, 5.74) is 2.94. The van der Waals surface area contributed by atoms with Gasteiger partial charge >= 0.3 is 0 Å². The van der Waals surface area contributed by atoms with E-state index in [1.165, 1.54) is 5.56 Å². The summed E-state index contributed by atoms with van der Waals surface area (Å²) in [6.45, 7) is 3.88. The second-order valence-corrected chi connectivity index (χ2v) is 8.52. The van der Waals surface area contributed by atoms with Crippen molar-refractivity contribution in [1.82, 2.24) is 10.2 Å². The lowest BCUT2D eigenvalue weighted by molar-refractivity contribution is -0.142. The van der Waals surface area contributed by atoms with Crippen LogP contribution in [0.3, 0.4) is 0 Å². The molecule has 1 unspecified atom stereocenters. The molecule has 0 radical (unpaired) electrons. The molecule has 0 spiro atoms. The van der Waals surface area contributed by atoms with E-state index < -0.39 is 5.41 Å². The van der Waals surface area contributed by atoms with E-state index in [4.69, 9.17) is 0 Å². The number of benzene rings is 2. The van der Waals surface area contributed by atoms with Gasteiger partial charge in [-0.1, -0.05) is 54.6 Å². The van der Waals surface area contributed by atoms with Gasteiger partial charge in [-0.15, -0.1) is 0 Å². The third kappa shape index (κ3) is 4.36. The van der Waals surface area contributed by atoms with E-state index >= 15 is 0 Å². The maximum absolute atomic E-state index is 13.2. The van der Waals surface area contributed by atoms with E-state index in [1.54, 1.807) is 0 Å². The van der Waals surface area contributed by atoms with E-state index in [2.05, 4.69) is 41.7 Å². The summed E-state index contributed by atoms with van der Waals surface area (Å²) >= 11 is 0. The molecule has 29 heavy (non-hydrogen) atoms. The monoisotopic (exact) mass is 390 g/mol. The number of hydrogen-bond donors (Lipinski definition) is 1. The molecular formula is C25H30N2O2. The Kier molecular flexibility index (Phi) is 5.70. The predicted molar refractivity (Wildman–Crippen MR) is 115 cm³/mol. The Morgan fingerprint density at radius 2 is 1.83 bits per heavy atom. The second-order valence-electron chi connectivity index (χ2n) is 8.52. The Bertz CT molecular complexity index is 875. The fourth-order valence-corrected chi connectivity index (χ4v) is 4.55. The highest BCUT2D eigenvalue weighted by Gasteiger charge is 2.45. The van der Waals surface area contributed by atoms with Gasteiger partial charge in [0.05, 0.1) is 5.41 Å². The minimum absolute atomic E-state index is 0.0819. The Balaban J connectivity index is 1.61. The summed E-state index contributed by atoms with van der Waals surface area (Å²) in [6, 6.07) is 18.8. The molecular weight excluding hydrogens is 360 g/mol. The first-order chi connectivity index (χ1) is 14.1. The minimum atomic E-state index is -0.547. The molecule has 152 valence electrons. The Morgan fingerprint density at radius 1 is 1.07 bits per heavy atom. The topological polar surface area (TPSA) is 49.4 Å². The van der Waals surface area contributed by atoms with E-state index in [-0.39, 0.29) is 17.7 Å². The highest BCUT2D eigenvalue weighted by Crippen LogP contribution is 2.38. The molecule has 2 amide bonds. The molecule has 2 aliphatic rings. The van der Waals surface area contributed by atoms with Crippen molar-refractivity contribution >= 4 is 11.8 Å². The Labute approximate surface area is 173 Å². The molecule has 2 aromatic rings. The smallest absolute Gasteiger partial charge is 0.228 e. The van der Waals surface area contributed by atoms with Crippen LogP contribution in [0, 0.1) is 11.3 Å². The van der Waals surface area contributed by atoms with Gasteiger partial charge in [0, 0.05) is 25.6 Å². The van der Waals surface area contributed by atoms with Crippen molar-refractivity contribution in [2.45, 2.75) is 39.0 Å².